The number of rotatable bonds is 18. The molecule has 0 aromatic rings. The molecule has 0 spiro atoms. The van der Waals surface area contributed by atoms with Crippen molar-refractivity contribution in [2.45, 2.75) is 78.7 Å². The van der Waals surface area contributed by atoms with Gasteiger partial charge in [-0.1, -0.05) is 51.7 Å². The van der Waals surface area contributed by atoms with E-state index in [4.69, 9.17) is 9.47 Å². The fourth-order valence-electron chi connectivity index (χ4n) is 4.46. The number of carbonyl (C=O) groups excluding carboxylic acids is 1. The van der Waals surface area contributed by atoms with E-state index in [2.05, 4.69) is 59.5 Å². The minimum absolute atomic E-state index is 0.0816. The molecule has 1 aliphatic rings. The number of ether oxygens (including phenoxy) is 2. The molecule has 194 valence electrons. The third kappa shape index (κ3) is 13.5. The first kappa shape index (κ1) is 30.1. The third-order valence-electron chi connectivity index (χ3n) is 6.60. The molecule has 6 heteroatoms. The van der Waals surface area contributed by atoms with Crippen LogP contribution in [0.1, 0.15) is 72.6 Å². The fourth-order valence-corrected chi connectivity index (χ4v) is 4.46. The summed E-state index contributed by atoms with van der Waals surface area (Å²) in [6.07, 6.45) is 7.46. The number of amides is 1. The Bertz CT molecular complexity index is 569. The number of quaternary nitrogens is 1. The predicted molar refractivity (Wildman–Crippen MR) is 138 cm³/mol. The predicted octanol–water partition coefficient (Wildman–Crippen LogP) is 4.15. The van der Waals surface area contributed by atoms with Gasteiger partial charge in [-0.2, -0.15) is 0 Å². The Hall–Kier alpha value is -0.950. The van der Waals surface area contributed by atoms with E-state index in [0.29, 0.717) is 44.1 Å². The van der Waals surface area contributed by atoms with Gasteiger partial charge < -0.3 is 24.6 Å². The second-order valence-electron chi connectivity index (χ2n) is 10.9. The fraction of sp³-hybridized carbons (Fsp3) is 0.889. The Labute approximate surface area is 204 Å². The zero-order valence-electron chi connectivity index (χ0n) is 22.8. The van der Waals surface area contributed by atoms with Gasteiger partial charge in [-0.15, -0.1) is 0 Å². The second-order valence-corrected chi connectivity index (χ2v) is 10.9. The van der Waals surface area contributed by atoms with E-state index in [-0.39, 0.29) is 5.91 Å². The zero-order valence-corrected chi connectivity index (χ0v) is 22.8. The van der Waals surface area contributed by atoms with Crippen LogP contribution in [0, 0.1) is 11.8 Å². The number of likely N-dealkylation sites (N-methyl/N-ethyl adjacent to an activating group) is 1. The molecule has 2 atom stereocenters. The summed E-state index contributed by atoms with van der Waals surface area (Å²) >= 11 is 0. The Balaban J connectivity index is 2.10. The molecule has 0 bridgehead atoms. The van der Waals surface area contributed by atoms with Gasteiger partial charge in [0.15, 0.2) is 0 Å². The van der Waals surface area contributed by atoms with E-state index in [1.165, 1.54) is 25.7 Å². The third-order valence-corrected chi connectivity index (χ3v) is 6.60. The van der Waals surface area contributed by atoms with Crippen LogP contribution in [0.2, 0.25) is 0 Å². The lowest BCUT2D eigenvalue weighted by atomic mass is 9.79. The topological polar surface area (TPSA) is 59.6 Å². The average Bonchev–Trinajstić information content (AvgIpc) is 2.76. The van der Waals surface area contributed by atoms with Crippen LogP contribution in [0.3, 0.4) is 0 Å². The van der Waals surface area contributed by atoms with Crippen LogP contribution >= 0.6 is 0 Å². The molecule has 0 radical (unpaired) electrons. The lowest BCUT2D eigenvalue weighted by molar-refractivity contribution is -0.870. The van der Waals surface area contributed by atoms with E-state index in [1.807, 2.05) is 0 Å². The minimum atomic E-state index is 0.0816. The summed E-state index contributed by atoms with van der Waals surface area (Å²) < 4.78 is 12.0. The molecule has 0 aromatic carbocycles. The van der Waals surface area contributed by atoms with Gasteiger partial charge in [-0.3, -0.25) is 4.79 Å². The Morgan fingerprint density at radius 2 is 1.76 bits per heavy atom. The average molecular weight is 469 g/mol. The Kier molecular flexibility index (Phi) is 15.2. The lowest BCUT2D eigenvalue weighted by Gasteiger charge is -2.35. The van der Waals surface area contributed by atoms with Crippen molar-refractivity contribution < 1.29 is 18.8 Å². The van der Waals surface area contributed by atoms with Crippen LogP contribution in [-0.2, 0) is 14.3 Å². The van der Waals surface area contributed by atoms with E-state index >= 15 is 0 Å². The molecular weight excluding hydrogens is 414 g/mol. The van der Waals surface area contributed by atoms with E-state index in [9.17, 15) is 4.79 Å². The molecule has 1 rings (SSSR count). The summed E-state index contributed by atoms with van der Waals surface area (Å²) in [5.41, 5.74) is 3.38. The molecule has 33 heavy (non-hydrogen) atoms. The van der Waals surface area contributed by atoms with Gasteiger partial charge in [0.25, 0.3) is 0 Å². The van der Waals surface area contributed by atoms with E-state index < -0.39 is 0 Å². The lowest BCUT2D eigenvalue weighted by Crippen LogP contribution is -2.39. The van der Waals surface area contributed by atoms with Crippen molar-refractivity contribution in [3.8, 4) is 0 Å². The highest BCUT2D eigenvalue weighted by Crippen LogP contribution is 2.32. The summed E-state index contributed by atoms with van der Waals surface area (Å²) in [6.45, 7) is 14.6. The van der Waals surface area contributed by atoms with Crippen molar-refractivity contribution in [1.82, 2.24) is 10.6 Å². The quantitative estimate of drug-likeness (QED) is 0.180. The summed E-state index contributed by atoms with van der Waals surface area (Å²) in [6, 6.07) is 0.533. The number of hydrogen-bond donors (Lipinski definition) is 2. The summed E-state index contributed by atoms with van der Waals surface area (Å²) in [5.74, 6) is 1.40. The summed E-state index contributed by atoms with van der Waals surface area (Å²) in [5, 5.41) is 6.80. The van der Waals surface area contributed by atoms with Gasteiger partial charge in [0.1, 0.15) is 6.54 Å². The number of carbonyl (C=O) groups is 1. The molecule has 0 fully saturated rings. The Morgan fingerprint density at radius 1 is 1.06 bits per heavy atom. The van der Waals surface area contributed by atoms with Gasteiger partial charge in [-0.05, 0) is 44.1 Å². The highest BCUT2D eigenvalue weighted by molar-refractivity contribution is 5.75. The monoisotopic (exact) mass is 468 g/mol. The first-order valence-corrected chi connectivity index (χ1v) is 13.3. The zero-order chi connectivity index (χ0) is 24.7. The molecule has 1 heterocycles. The molecule has 2 N–H and O–H groups in total. The highest BCUT2D eigenvalue weighted by Gasteiger charge is 2.26. The molecule has 2 unspecified atom stereocenters. The molecule has 0 saturated carbocycles. The first-order valence-electron chi connectivity index (χ1n) is 13.3. The standard InChI is InChI=1S/C27H53N3O3/c1-8-23(4)24-13-16-28-25(27(24)22(2)3)12-10-9-11-15-29-26(31)14-18-32-20-21-33-19-17-30(5,6)7/h22-23,25,28H,8-21H2,1-7H3/p+1. The van der Waals surface area contributed by atoms with Gasteiger partial charge in [0, 0.05) is 19.0 Å². The molecule has 1 aliphatic heterocycles. The second kappa shape index (κ2) is 16.6. The number of nitrogens with one attached hydrogen (secondary N) is 2. The maximum atomic E-state index is 12.0. The van der Waals surface area contributed by atoms with Gasteiger partial charge >= 0.3 is 0 Å². The maximum Gasteiger partial charge on any atom is 0.222 e. The van der Waals surface area contributed by atoms with Crippen molar-refractivity contribution in [3.05, 3.63) is 11.1 Å². The van der Waals surface area contributed by atoms with Crippen molar-refractivity contribution >= 4 is 5.91 Å². The molecule has 1 amide bonds. The number of nitrogens with zero attached hydrogens (tertiary/aromatic N) is 1. The number of unbranched alkanes of at least 4 members (excludes halogenated alkanes) is 2. The van der Waals surface area contributed by atoms with Crippen molar-refractivity contribution in [3.63, 3.8) is 0 Å². The van der Waals surface area contributed by atoms with Crippen LogP contribution in [-0.4, -0.2) is 83.6 Å². The minimum Gasteiger partial charge on any atom is -0.379 e. The smallest absolute Gasteiger partial charge is 0.222 e. The van der Waals surface area contributed by atoms with E-state index in [1.54, 1.807) is 11.1 Å². The van der Waals surface area contributed by atoms with Crippen molar-refractivity contribution in [2.24, 2.45) is 11.8 Å². The van der Waals surface area contributed by atoms with Crippen LogP contribution in [0.25, 0.3) is 0 Å². The highest BCUT2D eigenvalue weighted by atomic mass is 16.5. The molecule has 0 aromatic heterocycles. The number of hydrogen-bond acceptors (Lipinski definition) is 4. The summed E-state index contributed by atoms with van der Waals surface area (Å²) in [4.78, 5) is 12.0. The van der Waals surface area contributed by atoms with Gasteiger partial charge in [-0.25, -0.2) is 0 Å². The normalized spacial score (nSPS) is 18.1. The maximum absolute atomic E-state index is 12.0. The molecule has 0 saturated heterocycles. The SMILES string of the molecule is CCC(C)C1=C(C(C)C)C(CCCCCNC(=O)CCOCCOCC[N+](C)(C)C)NCC1. The summed E-state index contributed by atoms with van der Waals surface area (Å²) in [7, 11) is 6.45. The largest absolute Gasteiger partial charge is 0.379 e. The van der Waals surface area contributed by atoms with Crippen LogP contribution in [0.5, 0.6) is 0 Å². The molecule has 0 aliphatic carbocycles. The van der Waals surface area contributed by atoms with E-state index in [0.717, 1.165) is 43.6 Å². The van der Waals surface area contributed by atoms with Gasteiger partial charge in [0.05, 0.1) is 47.6 Å². The van der Waals surface area contributed by atoms with Crippen molar-refractivity contribution in [2.75, 3.05) is 67.2 Å². The molecular formula is C27H54N3O3+. The van der Waals surface area contributed by atoms with Crippen LogP contribution in [0.15, 0.2) is 11.1 Å². The van der Waals surface area contributed by atoms with Crippen molar-refractivity contribution in [1.29, 1.82) is 0 Å². The van der Waals surface area contributed by atoms with Crippen LogP contribution < -0.4 is 10.6 Å². The van der Waals surface area contributed by atoms with Gasteiger partial charge in [0.2, 0.25) is 5.91 Å². The first-order chi connectivity index (χ1) is 15.7. The molecule has 6 nitrogen and oxygen atoms in total. The Morgan fingerprint density at radius 3 is 2.39 bits per heavy atom. The van der Waals surface area contributed by atoms with Crippen LogP contribution in [0.4, 0.5) is 0 Å².